The predicted octanol–water partition coefficient (Wildman–Crippen LogP) is 3.39. The number of aromatic nitrogens is 2. The normalized spacial score (nSPS) is 14.0. The van der Waals surface area contributed by atoms with Crippen molar-refractivity contribution >= 4 is 12.0 Å². The molecule has 0 radical (unpaired) electrons. The molecule has 1 heterocycles. The molecule has 3 rings (SSSR count). The fourth-order valence-corrected chi connectivity index (χ4v) is 2.71. The van der Waals surface area contributed by atoms with Crippen LogP contribution >= 0.6 is 0 Å². The maximum Gasteiger partial charge on any atom is 0.264 e. The molecular formula is C17H15F3N4O. The molecule has 0 amide bonds. The third kappa shape index (κ3) is 3.17. The Morgan fingerprint density at radius 1 is 1.40 bits per heavy atom. The largest absolute Gasteiger partial charge is 0.325 e. The van der Waals surface area contributed by atoms with E-state index in [-0.39, 0.29) is 35.1 Å². The van der Waals surface area contributed by atoms with E-state index < -0.39 is 23.6 Å². The number of ketones is 1. The molecule has 3 N–H and O–H groups in total. The molecule has 2 aromatic rings. The Hall–Kier alpha value is -2.61. The summed E-state index contributed by atoms with van der Waals surface area (Å²) >= 11 is 0. The number of nitrogens with zero attached hydrogens (tertiary/aromatic N) is 2. The quantitative estimate of drug-likeness (QED) is 0.618. The molecule has 0 unspecified atom stereocenters. The molecule has 5 nitrogen and oxygen atoms in total. The van der Waals surface area contributed by atoms with E-state index >= 15 is 0 Å². The third-order valence-corrected chi connectivity index (χ3v) is 4.12. The Labute approximate surface area is 141 Å². The number of Topliss-reactive ketones (excluding diaryl/α,β-unsaturated/α-hetero) is 1. The van der Waals surface area contributed by atoms with E-state index in [1.807, 2.05) is 0 Å². The Balaban J connectivity index is 2.22. The Kier molecular flexibility index (Phi) is 4.63. The summed E-state index contributed by atoms with van der Waals surface area (Å²) in [5, 5.41) is 7.07. The lowest BCUT2D eigenvalue weighted by Gasteiger charge is -2.14. The second-order valence-corrected chi connectivity index (χ2v) is 5.77. The minimum atomic E-state index is -2.91. The van der Waals surface area contributed by atoms with E-state index in [9.17, 15) is 18.0 Å². The number of hydrogen-bond acceptors (Lipinski definition) is 5. The molecule has 1 aliphatic rings. The van der Waals surface area contributed by atoms with Gasteiger partial charge in [0.25, 0.3) is 6.43 Å². The van der Waals surface area contributed by atoms with Gasteiger partial charge in [0.15, 0.2) is 0 Å². The van der Waals surface area contributed by atoms with Gasteiger partial charge in [-0.25, -0.2) is 18.2 Å². The smallest absolute Gasteiger partial charge is 0.264 e. The molecular weight excluding hydrogens is 333 g/mol. The second kappa shape index (κ2) is 6.72. The maximum atomic E-state index is 14.9. The average Bonchev–Trinajstić information content (AvgIpc) is 3.45. The van der Waals surface area contributed by atoms with Crippen molar-refractivity contribution < 1.29 is 18.0 Å². The summed E-state index contributed by atoms with van der Waals surface area (Å²) in [5.41, 5.74) is 4.71. The van der Waals surface area contributed by atoms with Crippen LogP contribution in [0.15, 0.2) is 18.3 Å². The van der Waals surface area contributed by atoms with Gasteiger partial charge in [0.05, 0.1) is 23.8 Å². The van der Waals surface area contributed by atoms with Crippen molar-refractivity contribution in [3.8, 4) is 11.3 Å². The number of halogens is 3. The molecule has 25 heavy (non-hydrogen) atoms. The predicted molar refractivity (Wildman–Crippen MR) is 85.4 cm³/mol. The number of nitrogens with two attached hydrogens (primary N) is 1. The summed E-state index contributed by atoms with van der Waals surface area (Å²) in [6.07, 6.45) is 0.358. The highest BCUT2D eigenvalue weighted by molar-refractivity contribution is 6.34. The number of nitrogens with one attached hydrogen (secondary N) is 1. The van der Waals surface area contributed by atoms with Crippen molar-refractivity contribution in [2.45, 2.75) is 31.7 Å². The van der Waals surface area contributed by atoms with Crippen LogP contribution in [0.3, 0.4) is 0 Å². The number of alkyl halides is 2. The van der Waals surface area contributed by atoms with Gasteiger partial charge in [0.1, 0.15) is 11.5 Å². The molecule has 130 valence electrons. The van der Waals surface area contributed by atoms with Crippen molar-refractivity contribution in [1.29, 1.82) is 5.41 Å². The van der Waals surface area contributed by atoms with Crippen LogP contribution in [-0.4, -0.2) is 22.0 Å². The highest BCUT2D eigenvalue weighted by Gasteiger charge is 2.31. The SMILES string of the molecule is N=CC(=O)c1nc(-c2c(C(F)F)ccc(C3CC3)c2F)cnc1CN. The lowest BCUT2D eigenvalue weighted by Crippen LogP contribution is -2.14. The Morgan fingerprint density at radius 2 is 2.12 bits per heavy atom. The minimum absolute atomic E-state index is 0.0180. The number of benzene rings is 1. The van der Waals surface area contributed by atoms with Crippen LogP contribution in [-0.2, 0) is 6.54 Å². The number of carbonyl (C=O) groups excluding carboxylic acids is 1. The zero-order valence-corrected chi connectivity index (χ0v) is 13.1. The molecule has 8 heteroatoms. The fraction of sp³-hybridized carbons (Fsp3) is 0.294. The van der Waals surface area contributed by atoms with Crippen molar-refractivity contribution in [3.05, 3.63) is 46.7 Å². The molecule has 0 saturated heterocycles. The zero-order chi connectivity index (χ0) is 18.1. The summed E-state index contributed by atoms with van der Waals surface area (Å²) in [6, 6.07) is 2.57. The van der Waals surface area contributed by atoms with Gasteiger partial charge in [-0.2, -0.15) is 0 Å². The van der Waals surface area contributed by atoms with Crippen LogP contribution < -0.4 is 5.73 Å². The van der Waals surface area contributed by atoms with Gasteiger partial charge in [-0.3, -0.25) is 9.78 Å². The average molecular weight is 348 g/mol. The summed E-state index contributed by atoms with van der Waals surface area (Å²) in [4.78, 5) is 19.8. The lowest BCUT2D eigenvalue weighted by molar-refractivity contribution is 0.106. The second-order valence-electron chi connectivity index (χ2n) is 5.77. The summed E-state index contributed by atoms with van der Waals surface area (Å²) in [7, 11) is 0. The van der Waals surface area contributed by atoms with Gasteiger partial charge in [-0.15, -0.1) is 0 Å². The van der Waals surface area contributed by atoms with E-state index in [0.29, 0.717) is 11.8 Å². The monoisotopic (exact) mass is 348 g/mol. The highest BCUT2D eigenvalue weighted by atomic mass is 19.3. The fourth-order valence-electron chi connectivity index (χ4n) is 2.71. The highest BCUT2D eigenvalue weighted by Crippen LogP contribution is 2.44. The number of rotatable bonds is 6. The molecule has 1 saturated carbocycles. The third-order valence-electron chi connectivity index (χ3n) is 4.12. The zero-order valence-electron chi connectivity index (χ0n) is 13.1. The first-order chi connectivity index (χ1) is 12.0. The van der Waals surface area contributed by atoms with Gasteiger partial charge in [-0.1, -0.05) is 12.1 Å². The summed E-state index contributed by atoms with van der Waals surface area (Å²) < 4.78 is 41.7. The van der Waals surface area contributed by atoms with Crippen LogP contribution in [0.4, 0.5) is 13.2 Å². The van der Waals surface area contributed by atoms with Crippen molar-refractivity contribution in [2.24, 2.45) is 5.73 Å². The first-order valence-corrected chi connectivity index (χ1v) is 7.69. The van der Waals surface area contributed by atoms with Crippen LogP contribution in [0.2, 0.25) is 0 Å². The van der Waals surface area contributed by atoms with Crippen molar-refractivity contribution in [2.75, 3.05) is 0 Å². The molecule has 1 aromatic carbocycles. The van der Waals surface area contributed by atoms with Crippen molar-refractivity contribution in [3.63, 3.8) is 0 Å². The molecule has 1 aliphatic carbocycles. The number of carbonyl (C=O) groups is 1. The molecule has 1 fully saturated rings. The van der Waals surface area contributed by atoms with Gasteiger partial charge in [-0.05, 0) is 24.3 Å². The number of hydrogen-bond donors (Lipinski definition) is 2. The first kappa shape index (κ1) is 17.2. The Morgan fingerprint density at radius 3 is 2.68 bits per heavy atom. The van der Waals surface area contributed by atoms with Crippen LogP contribution in [0.25, 0.3) is 11.3 Å². The summed E-state index contributed by atoms with van der Waals surface area (Å²) in [6.45, 7) is -0.117. The van der Waals surface area contributed by atoms with E-state index in [2.05, 4.69) is 9.97 Å². The van der Waals surface area contributed by atoms with Crippen molar-refractivity contribution in [1.82, 2.24) is 9.97 Å². The minimum Gasteiger partial charge on any atom is -0.325 e. The Bertz CT molecular complexity index is 850. The van der Waals surface area contributed by atoms with Crippen LogP contribution in [0, 0.1) is 11.2 Å². The van der Waals surface area contributed by atoms with Gasteiger partial charge in [0.2, 0.25) is 5.78 Å². The van der Waals surface area contributed by atoms with Gasteiger partial charge in [0, 0.05) is 17.7 Å². The molecule has 0 atom stereocenters. The van der Waals surface area contributed by atoms with Crippen LogP contribution in [0.5, 0.6) is 0 Å². The van der Waals surface area contributed by atoms with E-state index in [0.717, 1.165) is 19.0 Å². The summed E-state index contributed by atoms with van der Waals surface area (Å²) in [5.74, 6) is -1.51. The van der Waals surface area contributed by atoms with E-state index in [4.69, 9.17) is 11.1 Å². The van der Waals surface area contributed by atoms with Crippen LogP contribution in [0.1, 0.15) is 52.5 Å². The van der Waals surface area contributed by atoms with E-state index in [1.165, 1.54) is 12.1 Å². The molecule has 0 bridgehead atoms. The lowest BCUT2D eigenvalue weighted by atomic mass is 9.98. The standard InChI is InChI=1S/C17H15F3N4O/c18-15-9(8-1-2-8)3-4-10(17(19)20)14(15)12-7-23-11(5-21)16(24-12)13(25)6-22/h3-4,6-8,17,22H,1-2,5,21H2. The van der Waals surface area contributed by atoms with E-state index in [1.54, 1.807) is 0 Å². The van der Waals surface area contributed by atoms with Gasteiger partial charge < -0.3 is 11.1 Å². The first-order valence-electron chi connectivity index (χ1n) is 7.69. The van der Waals surface area contributed by atoms with Gasteiger partial charge >= 0.3 is 0 Å². The molecule has 1 aromatic heterocycles. The molecule has 0 aliphatic heterocycles. The molecule has 0 spiro atoms. The topological polar surface area (TPSA) is 92.7 Å². The maximum absolute atomic E-state index is 14.9.